The molecule has 2 aromatic heterocycles. The smallest absolute Gasteiger partial charge is 0.421 e. The Bertz CT molecular complexity index is 1160. The standard InChI is InChI=1S/C21H26N4O4/c1-10(2)23-20(26)24-16-12(4)11(3)13(5)17(14(16)6)28-15-8-9-22-19-18(15)29-21(27)25(19)7/h8-10H,1-7H3,(H2,23,24,26). The highest BCUT2D eigenvalue weighted by Gasteiger charge is 2.21. The molecule has 154 valence electrons. The molecular weight excluding hydrogens is 372 g/mol. The average molecular weight is 398 g/mol. The summed E-state index contributed by atoms with van der Waals surface area (Å²) in [7, 11) is 1.59. The number of nitrogens with zero attached hydrogens (tertiary/aromatic N) is 2. The van der Waals surface area contributed by atoms with Crippen molar-refractivity contribution in [3.05, 3.63) is 45.1 Å². The van der Waals surface area contributed by atoms with Gasteiger partial charge in [0.1, 0.15) is 5.75 Å². The van der Waals surface area contributed by atoms with E-state index in [0.29, 0.717) is 22.8 Å². The van der Waals surface area contributed by atoms with E-state index >= 15 is 0 Å². The number of aryl methyl sites for hydroxylation is 1. The van der Waals surface area contributed by atoms with Gasteiger partial charge >= 0.3 is 11.8 Å². The second-order valence-corrected chi connectivity index (χ2v) is 7.45. The Morgan fingerprint density at radius 2 is 1.83 bits per heavy atom. The van der Waals surface area contributed by atoms with E-state index in [-0.39, 0.29) is 17.7 Å². The molecule has 8 heteroatoms. The lowest BCUT2D eigenvalue weighted by Crippen LogP contribution is -2.34. The first-order chi connectivity index (χ1) is 13.6. The minimum absolute atomic E-state index is 0.0176. The number of nitrogens with one attached hydrogen (secondary N) is 2. The molecule has 0 saturated heterocycles. The number of anilines is 1. The molecule has 3 aromatic rings. The number of fused-ring (bicyclic) bond motifs is 1. The van der Waals surface area contributed by atoms with Gasteiger partial charge in [-0.15, -0.1) is 0 Å². The van der Waals surface area contributed by atoms with Gasteiger partial charge in [0.2, 0.25) is 5.58 Å². The van der Waals surface area contributed by atoms with Crippen LogP contribution < -0.4 is 21.1 Å². The molecule has 0 saturated carbocycles. The molecule has 0 aliphatic carbocycles. The van der Waals surface area contributed by atoms with Crippen molar-refractivity contribution >= 4 is 22.9 Å². The molecule has 0 atom stereocenters. The van der Waals surface area contributed by atoms with Crippen molar-refractivity contribution < 1.29 is 13.9 Å². The quantitative estimate of drug-likeness (QED) is 0.690. The molecule has 1 aromatic carbocycles. The van der Waals surface area contributed by atoms with Crippen molar-refractivity contribution in [3.8, 4) is 11.5 Å². The van der Waals surface area contributed by atoms with Crippen LogP contribution in [0, 0.1) is 27.7 Å². The molecule has 3 rings (SSSR count). The van der Waals surface area contributed by atoms with Crippen molar-refractivity contribution in [2.45, 2.75) is 47.6 Å². The number of ether oxygens (including phenoxy) is 1. The fraction of sp³-hybridized carbons (Fsp3) is 0.381. The van der Waals surface area contributed by atoms with Crippen LogP contribution in [0.5, 0.6) is 11.5 Å². The molecule has 0 aliphatic rings. The van der Waals surface area contributed by atoms with E-state index in [2.05, 4.69) is 15.6 Å². The maximum absolute atomic E-state index is 12.3. The lowest BCUT2D eigenvalue weighted by molar-refractivity contribution is 0.250. The molecular formula is C21H26N4O4. The Kier molecular flexibility index (Phi) is 5.37. The van der Waals surface area contributed by atoms with Crippen molar-refractivity contribution in [3.63, 3.8) is 0 Å². The lowest BCUT2D eigenvalue weighted by Gasteiger charge is -2.21. The van der Waals surface area contributed by atoms with Gasteiger partial charge in [0.05, 0.1) is 5.69 Å². The zero-order chi connectivity index (χ0) is 21.5. The third kappa shape index (κ3) is 3.70. The van der Waals surface area contributed by atoms with E-state index < -0.39 is 5.76 Å². The molecule has 29 heavy (non-hydrogen) atoms. The zero-order valence-corrected chi connectivity index (χ0v) is 17.8. The van der Waals surface area contributed by atoms with Crippen molar-refractivity contribution in [1.82, 2.24) is 14.9 Å². The predicted octanol–water partition coefficient (Wildman–Crippen LogP) is 4.08. The number of amides is 2. The summed E-state index contributed by atoms with van der Waals surface area (Å²) in [6, 6.07) is 1.39. The summed E-state index contributed by atoms with van der Waals surface area (Å²) >= 11 is 0. The van der Waals surface area contributed by atoms with Crippen LogP contribution in [0.1, 0.15) is 36.1 Å². The van der Waals surface area contributed by atoms with Gasteiger partial charge in [0.15, 0.2) is 11.4 Å². The largest absolute Gasteiger partial charge is 0.453 e. The number of carbonyl (C=O) groups is 1. The van der Waals surface area contributed by atoms with Gasteiger partial charge in [0.25, 0.3) is 0 Å². The summed E-state index contributed by atoms with van der Waals surface area (Å²) in [5.74, 6) is 0.483. The number of hydrogen-bond acceptors (Lipinski definition) is 5. The normalized spacial score (nSPS) is 11.2. The summed E-state index contributed by atoms with van der Waals surface area (Å²) in [6.07, 6.45) is 1.56. The van der Waals surface area contributed by atoms with Gasteiger partial charge in [-0.1, -0.05) is 0 Å². The first-order valence-electron chi connectivity index (χ1n) is 9.42. The SMILES string of the molecule is Cc1c(C)c(NC(=O)NC(C)C)c(C)c(Oc2ccnc3c2oc(=O)n3C)c1C. The third-order valence-corrected chi connectivity index (χ3v) is 5.06. The van der Waals surface area contributed by atoms with Crippen LogP contribution in [0.15, 0.2) is 21.5 Å². The van der Waals surface area contributed by atoms with Gasteiger partial charge in [-0.3, -0.25) is 4.57 Å². The molecule has 0 unspecified atom stereocenters. The van der Waals surface area contributed by atoms with Gasteiger partial charge < -0.3 is 19.8 Å². The first-order valence-corrected chi connectivity index (χ1v) is 9.42. The summed E-state index contributed by atoms with van der Waals surface area (Å²) in [4.78, 5) is 28.4. The van der Waals surface area contributed by atoms with Crippen molar-refractivity contribution in [2.24, 2.45) is 7.05 Å². The van der Waals surface area contributed by atoms with E-state index in [1.165, 1.54) is 4.57 Å². The Morgan fingerprint density at radius 3 is 2.48 bits per heavy atom. The summed E-state index contributed by atoms with van der Waals surface area (Å²) in [5.41, 5.74) is 5.08. The maximum atomic E-state index is 12.3. The minimum atomic E-state index is -0.509. The van der Waals surface area contributed by atoms with Crippen LogP contribution in [-0.2, 0) is 7.05 Å². The number of rotatable bonds is 4. The molecule has 2 heterocycles. The van der Waals surface area contributed by atoms with E-state index in [0.717, 1.165) is 22.3 Å². The Morgan fingerprint density at radius 1 is 1.14 bits per heavy atom. The van der Waals surface area contributed by atoms with Gasteiger partial charge in [0, 0.05) is 30.9 Å². The number of benzene rings is 1. The van der Waals surface area contributed by atoms with Crippen LogP contribution in [0.4, 0.5) is 10.5 Å². The summed E-state index contributed by atoms with van der Waals surface area (Å²) < 4.78 is 12.8. The maximum Gasteiger partial charge on any atom is 0.421 e. The molecule has 2 N–H and O–H groups in total. The highest BCUT2D eigenvalue weighted by atomic mass is 16.5. The van der Waals surface area contributed by atoms with E-state index in [4.69, 9.17) is 9.15 Å². The zero-order valence-electron chi connectivity index (χ0n) is 17.8. The summed E-state index contributed by atoms with van der Waals surface area (Å²) in [5, 5.41) is 5.76. The van der Waals surface area contributed by atoms with Crippen LogP contribution in [0.2, 0.25) is 0 Å². The molecule has 0 spiro atoms. The second kappa shape index (κ2) is 7.62. The van der Waals surface area contributed by atoms with Crippen molar-refractivity contribution in [1.29, 1.82) is 0 Å². The molecule has 0 fully saturated rings. The topological polar surface area (TPSA) is 98.4 Å². The highest BCUT2D eigenvalue weighted by Crippen LogP contribution is 2.39. The van der Waals surface area contributed by atoms with Gasteiger partial charge in [-0.25, -0.2) is 14.6 Å². The first kappa shape index (κ1) is 20.4. The van der Waals surface area contributed by atoms with Crippen LogP contribution in [-0.4, -0.2) is 21.6 Å². The average Bonchev–Trinajstić information content (AvgIpc) is 2.95. The van der Waals surface area contributed by atoms with Crippen LogP contribution in [0.3, 0.4) is 0 Å². The Labute approximate surface area is 168 Å². The van der Waals surface area contributed by atoms with E-state index in [1.807, 2.05) is 41.5 Å². The Balaban J connectivity index is 2.10. The molecule has 0 aliphatic heterocycles. The molecule has 0 radical (unpaired) electrons. The van der Waals surface area contributed by atoms with Crippen LogP contribution >= 0.6 is 0 Å². The monoisotopic (exact) mass is 398 g/mol. The summed E-state index contributed by atoms with van der Waals surface area (Å²) in [6.45, 7) is 11.6. The van der Waals surface area contributed by atoms with Crippen molar-refractivity contribution in [2.75, 3.05) is 5.32 Å². The van der Waals surface area contributed by atoms with Gasteiger partial charge in [-0.05, 0) is 58.2 Å². The second-order valence-electron chi connectivity index (χ2n) is 7.45. The fourth-order valence-electron chi connectivity index (χ4n) is 3.25. The van der Waals surface area contributed by atoms with E-state index in [9.17, 15) is 9.59 Å². The highest BCUT2D eigenvalue weighted by molar-refractivity contribution is 5.92. The minimum Gasteiger partial charge on any atom is -0.453 e. The number of urea groups is 1. The number of oxazole rings is 1. The number of hydrogen-bond donors (Lipinski definition) is 2. The number of aromatic nitrogens is 2. The lowest BCUT2D eigenvalue weighted by atomic mass is 9.97. The molecule has 8 nitrogen and oxygen atoms in total. The van der Waals surface area contributed by atoms with E-state index in [1.54, 1.807) is 19.3 Å². The third-order valence-electron chi connectivity index (χ3n) is 5.06. The molecule has 0 bridgehead atoms. The van der Waals surface area contributed by atoms with Crippen LogP contribution in [0.25, 0.3) is 11.2 Å². The number of carbonyl (C=O) groups excluding carboxylic acids is 1. The predicted molar refractivity (Wildman–Crippen MR) is 112 cm³/mol. The number of pyridine rings is 1. The molecule has 2 amide bonds. The Hall–Kier alpha value is -3.29. The fourth-order valence-corrected chi connectivity index (χ4v) is 3.25. The van der Waals surface area contributed by atoms with Gasteiger partial charge in [-0.2, -0.15) is 0 Å².